The number of carbonyl (C=O) groups is 1. The van der Waals surface area contributed by atoms with E-state index in [1.165, 1.54) is 29.5 Å². The number of anilines is 1. The van der Waals surface area contributed by atoms with Gasteiger partial charge in [0.25, 0.3) is 0 Å². The van der Waals surface area contributed by atoms with Gasteiger partial charge in [-0.25, -0.2) is 10.6 Å². The van der Waals surface area contributed by atoms with E-state index in [0.717, 1.165) is 0 Å². The Morgan fingerprint density at radius 3 is 2.36 bits per heavy atom. The average Bonchev–Trinajstić information content (AvgIpc) is 2.18. The Kier molecular flexibility index (Phi) is 3.09. The fraction of sp³-hybridized carbons (Fsp3) is 0. The van der Waals surface area contributed by atoms with Gasteiger partial charge in [0.05, 0.1) is 11.3 Å². The second-order valence-electron chi connectivity index (χ2n) is 2.60. The quantitative estimate of drug-likeness (QED) is 0.480. The van der Waals surface area contributed by atoms with Crippen molar-refractivity contribution >= 4 is 11.7 Å². The molecule has 5 nitrogen and oxygen atoms in total. The molecule has 0 atom stereocenters. The van der Waals surface area contributed by atoms with E-state index in [4.69, 9.17) is 16.7 Å². The van der Waals surface area contributed by atoms with E-state index in [2.05, 4.69) is 0 Å². The Labute approximate surface area is 81.2 Å². The van der Waals surface area contributed by atoms with Crippen molar-refractivity contribution in [1.82, 2.24) is 0 Å². The number of carboxylic acids is 1. The standard InChI is InChI=1S/C9H11N3O2/c10-5-6-12(11)8-3-1-7(2-4-8)9(13)14/h1-6H,10-11H2,(H,13,14)/b6-5-. The van der Waals surface area contributed by atoms with Crippen LogP contribution in [-0.4, -0.2) is 11.1 Å². The van der Waals surface area contributed by atoms with E-state index in [1.807, 2.05) is 0 Å². The predicted octanol–water partition coefficient (Wildman–Crippen LogP) is 0.495. The molecule has 14 heavy (non-hydrogen) atoms. The number of carboxylic acid groups (broad SMARTS) is 1. The van der Waals surface area contributed by atoms with Gasteiger partial charge in [0.1, 0.15) is 0 Å². The zero-order valence-electron chi connectivity index (χ0n) is 7.42. The molecule has 0 aliphatic carbocycles. The Balaban J connectivity index is 2.88. The molecule has 0 aromatic heterocycles. The first-order chi connectivity index (χ1) is 6.65. The van der Waals surface area contributed by atoms with E-state index in [-0.39, 0.29) is 5.56 Å². The van der Waals surface area contributed by atoms with Crippen molar-refractivity contribution in [2.75, 3.05) is 5.01 Å². The minimum Gasteiger partial charge on any atom is -0.478 e. The number of benzene rings is 1. The molecule has 0 amide bonds. The van der Waals surface area contributed by atoms with Gasteiger partial charge >= 0.3 is 5.97 Å². The molecule has 0 bridgehead atoms. The van der Waals surface area contributed by atoms with Crippen molar-refractivity contribution in [3.8, 4) is 0 Å². The zero-order valence-corrected chi connectivity index (χ0v) is 7.42. The number of rotatable bonds is 3. The zero-order chi connectivity index (χ0) is 10.6. The summed E-state index contributed by atoms with van der Waals surface area (Å²) in [7, 11) is 0. The number of hydrogen-bond donors (Lipinski definition) is 3. The van der Waals surface area contributed by atoms with Crippen molar-refractivity contribution in [2.45, 2.75) is 0 Å². The van der Waals surface area contributed by atoms with Crippen molar-refractivity contribution in [3.05, 3.63) is 42.2 Å². The molecule has 0 saturated heterocycles. The molecule has 0 saturated carbocycles. The molecule has 0 radical (unpaired) electrons. The molecule has 0 heterocycles. The van der Waals surface area contributed by atoms with Gasteiger partial charge in [-0.05, 0) is 24.3 Å². The van der Waals surface area contributed by atoms with Gasteiger partial charge in [-0.2, -0.15) is 0 Å². The first-order valence-electron chi connectivity index (χ1n) is 3.91. The summed E-state index contributed by atoms with van der Waals surface area (Å²) in [5, 5.41) is 9.94. The Hall–Kier alpha value is -2.01. The van der Waals surface area contributed by atoms with Crippen molar-refractivity contribution < 1.29 is 9.90 Å². The minimum atomic E-state index is -0.963. The van der Waals surface area contributed by atoms with Crippen LogP contribution in [-0.2, 0) is 0 Å². The molecule has 0 fully saturated rings. The van der Waals surface area contributed by atoms with Gasteiger partial charge in [0, 0.05) is 12.4 Å². The highest BCUT2D eigenvalue weighted by Gasteiger charge is 2.02. The van der Waals surface area contributed by atoms with Crippen molar-refractivity contribution in [1.29, 1.82) is 0 Å². The monoisotopic (exact) mass is 193 g/mol. The topological polar surface area (TPSA) is 92.6 Å². The van der Waals surface area contributed by atoms with Crippen LogP contribution in [0.5, 0.6) is 0 Å². The lowest BCUT2D eigenvalue weighted by Gasteiger charge is -2.12. The highest BCUT2D eigenvalue weighted by Crippen LogP contribution is 2.12. The van der Waals surface area contributed by atoms with Gasteiger partial charge in [0.15, 0.2) is 0 Å². The Morgan fingerprint density at radius 1 is 1.36 bits per heavy atom. The predicted molar refractivity (Wildman–Crippen MR) is 53.4 cm³/mol. The third kappa shape index (κ3) is 2.24. The van der Waals surface area contributed by atoms with Gasteiger partial charge in [-0.15, -0.1) is 0 Å². The molecular formula is C9H11N3O2. The second kappa shape index (κ2) is 4.29. The summed E-state index contributed by atoms with van der Waals surface area (Å²) >= 11 is 0. The van der Waals surface area contributed by atoms with Gasteiger partial charge in [-0.3, -0.25) is 5.01 Å². The van der Waals surface area contributed by atoms with Crippen molar-refractivity contribution in [3.63, 3.8) is 0 Å². The van der Waals surface area contributed by atoms with Gasteiger partial charge in [0.2, 0.25) is 0 Å². The molecule has 5 heteroatoms. The lowest BCUT2D eigenvalue weighted by atomic mass is 10.2. The number of hydrogen-bond acceptors (Lipinski definition) is 4. The van der Waals surface area contributed by atoms with Crippen LogP contribution >= 0.6 is 0 Å². The molecule has 5 N–H and O–H groups in total. The van der Waals surface area contributed by atoms with Crippen LogP contribution in [0.3, 0.4) is 0 Å². The van der Waals surface area contributed by atoms with Crippen LogP contribution in [0.15, 0.2) is 36.7 Å². The van der Waals surface area contributed by atoms with Crippen LogP contribution in [0.25, 0.3) is 0 Å². The SMILES string of the molecule is N/C=C\N(N)c1ccc(C(=O)O)cc1. The third-order valence-electron chi connectivity index (χ3n) is 1.66. The van der Waals surface area contributed by atoms with Gasteiger partial charge < -0.3 is 10.8 Å². The van der Waals surface area contributed by atoms with Gasteiger partial charge in [-0.1, -0.05) is 0 Å². The van der Waals surface area contributed by atoms with Crippen LogP contribution < -0.4 is 16.6 Å². The Bertz CT molecular complexity index is 346. The number of nitrogens with two attached hydrogens (primary N) is 2. The van der Waals surface area contributed by atoms with E-state index in [0.29, 0.717) is 5.69 Å². The Morgan fingerprint density at radius 2 is 1.93 bits per heavy atom. The minimum absolute atomic E-state index is 0.221. The maximum absolute atomic E-state index is 10.5. The first-order valence-corrected chi connectivity index (χ1v) is 3.91. The summed E-state index contributed by atoms with van der Waals surface area (Å²) in [4.78, 5) is 10.5. The number of hydrazine groups is 1. The van der Waals surface area contributed by atoms with Crippen LogP contribution in [0.1, 0.15) is 10.4 Å². The lowest BCUT2D eigenvalue weighted by Crippen LogP contribution is -2.24. The number of nitrogens with zero attached hydrogens (tertiary/aromatic N) is 1. The summed E-state index contributed by atoms with van der Waals surface area (Å²) in [6.07, 6.45) is 2.76. The summed E-state index contributed by atoms with van der Waals surface area (Å²) in [5.74, 6) is 4.59. The van der Waals surface area contributed by atoms with Crippen LogP contribution in [0, 0.1) is 0 Å². The molecule has 0 aliphatic heterocycles. The van der Waals surface area contributed by atoms with Crippen LogP contribution in [0.2, 0.25) is 0 Å². The second-order valence-corrected chi connectivity index (χ2v) is 2.60. The molecular weight excluding hydrogens is 182 g/mol. The highest BCUT2D eigenvalue weighted by molar-refractivity contribution is 5.88. The van der Waals surface area contributed by atoms with E-state index < -0.39 is 5.97 Å². The maximum Gasteiger partial charge on any atom is 0.335 e. The maximum atomic E-state index is 10.5. The summed E-state index contributed by atoms with van der Waals surface area (Å²) in [6, 6.07) is 6.15. The third-order valence-corrected chi connectivity index (χ3v) is 1.66. The lowest BCUT2D eigenvalue weighted by molar-refractivity contribution is 0.0697. The van der Waals surface area contributed by atoms with E-state index in [9.17, 15) is 4.79 Å². The smallest absolute Gasteiger partial charge is 0.335 e. The molecule has 0 spiro atoms. The largest absolute Gasteiger partial charge is 0.478 e. The summed E-state index contributed by atoms with van der Waals surface area (Å²) < 4.78 is 0. The van der Waals surface area contributed by atoms with E-state index >= 15 is 0 Å². The molecule has 1 aromatic rings. The summed E-state index contributed by atoms with van der Waals surface area (Å²) in [6.45, 7) is 0. The fourth-order valence-electron chi connectivity index (χ4n) is 0.955. The number of aromatic carboxylic acids is 1. The molecule has 0 aliphatic rings. The molecule has 1 aromatic carbocycles. The van der Waals surface area contributed by atoms with E-state index in [1.54, 1.807) is 12.1 Å². The summed E-state index contributed by atoms with van der Waals surface area (Å²) in [5.41, 5.74) is 6.03. The highest BCUT2D eigenvalue weighted by atomic mass is 16.4. The molecule has 74 valence electrons. The van der Waals surface area contributed by atoms with Crippen molar-refractivity contribution in [2.24, 2.45) is 11.6 Å². The molecule has 1 rings (SSSR count). The fourth-order valence-corrected chi connectivity index (χ4v) is 0.955. The van der Waals surface area contributed by atoms with Crippen LogP contribution in [0.4, 0.5) is 5.69 Å². The normalized spacial score (nSPS) is 10.4. The first kappa shape index (κ1) is 10.1. The average molecular weight is 193 g/mol. The molecule has 0 unspecified atom stereocenters.